The van der Waals surface area contributed by atoms with Gasteiger partial charge in [-0.05, 0) is 42.6 Å². The van der Waals surface area contributed by atoms with Crippen molar-refractivity contribution in [2.45, 2.75) is 32.0 Å². The average molecular weight is 531 g/mol. The molecule has 2 aromatic rings. The standard InChI is InChI=1S/C25H33N5.HI/c1-26-25(27-18-21-11-13-23(14-12-21)29-15-5-6-16-29)28-19-24-10-7-17-30(24)20-22-8-3-2-4-9-22;/h2-6,8-9,11-14,24H,7,10,15-20H2,1H3,(H2,26,27,28);1H. The van der Waals surface area contributed by atoms with Gasteiger partial charge >= 0.3 is 0 Å². The van der Waals surface area contributed by atoms with Gasteiger partial charge in [0.25, 0.3) is 0 Å². The number of nitrogens with zero attached hydrogens (tertiary/aromatic N) is 3. The molecule has 0 saturated carbocycles. The van der Waals surface area contributed by atoms with Crippen molar-refractivity contribution in [3.63, 3.8) is 0 Å². The van der Waals surface area contributed by atoms with Crippen LogP contribution in [0.4, 0.5) is 5.69 Å². The van der Waals surface area contributed by atoms with E-state index in [1.54, 1.807) is 0 Å². The second kappa shape index (κ2) is 12.1. The summed E-state index contributed by atoms with van der Waals surface area (Å²) in [4.78, 5) is 9.36. The highest BCUT2D eigenvalue weighted by molar-refractivity contribution is 14.0. The van der Waals surface area contributed by atoms with Crippen molar-refractivity contribution in [3.05, 3.63) is 77.9 Å². The monoisotopic (exact) mass is 531 g/mol. The number of hydrogen-bond donors (Lipinski definition) is 2. The maximum absolute atomic E-state index is 4.41. The highest BCUT2D eigenvalue weighted by Gasteiger charge is 2.24. The lowest BCUT2D eigenvalue weighted by molar-refractivity contribution is 0.245. The second-order valence-electron chi connectivity index (χ2n) is 8.10. The van der Waals surface area contributed by atoms with Gasteiger partial charge in [-0.2, -0.15) is 0 Å². The number of guanidine groups is 1. The number of benzene rings is 2. The SMILES string of the molecule is CN=C(NCc1ccc(N2CC=CC2)cc1)NCC1CCCN1Cc1ccccc1.I. The van der Waals surface area contributed by atoms with Crippen LogP contribution in [0.5, 0.6) is 0 Å². The molecule has 0 aromatic heterocycles. The number of rotatable bonds is 7. The van der Waals surface area contributed by atoms with Crippen LogP contribution in [0.25, 0.3) is 0 Å². The molecule has 1 atom stereocenters. The summed E-state index contributed by atoms with van der Waals surface area (Å²) in [6.07, 6.45) is 6.95. The third kappa shape index (κ3) is 6.71. The van der Waals surface area contributed by atoms with Crippen LogP contribution in [0.1, 0.15) is 24.0 Å². The van der Waals surface area contributed by atoms with Crippen molar-refractivity contribution in [1.29, 1.82) is 0 Å². The van der Waals surface area contributed by atoms with E-state index < -0.39 is 0 Å². The van der Waals surface area contributed by atoms with Crippen LogP contribution >= 0.6 is 24.0 Å². The van der Waals surface area contributed by atoms with Gasteiger partial charge in [-0.15, -0.1) is 24.0 Å². The van der Waals surface area contributed by atoms with Crippen molar-refractivity contribution in [2.24, 2.45) is 4.99 Å². The summed E-state index contributed by atoms with van der Waals surface area (Å²) in [5.41, 5.74) is 3.94. The summed E-state index contributed by atoms with van der Waals surface area (Å²) in [5, 5.41) is 6.99. The molecule has 5 nitrogen and oxygen atoms in total. The Balaban J connectivity index is 0.00000272. The molecule has 0 amide bonds. The Bertz CT molecular complexity index is 842. The van der Waals surface area contributed by atoms with Gasteiger partial charge in [0.1, 0.15) is 0 Å². The van der Waals surface area contributed by atoms with E-state index in [0.29, 0.717) is 6.04 Å². The van der Waals surface area contributed by atoms with E-state index in [2.05, 4.69) is 92.2 Å². The molecule has 4 rings (SSSR count). The molecule has 0 spiro atoms. The van der Waals surface area contributed by atoms with Crippen molar-refractivity contribution >= 4 is 35.6 Å². The lowest BCUT2D eigenvalue weighted by Gasteiger charge is -2.25. The quantitative estimate of drug-likeness (QED) is 0.245. The van der Waals surface area contributed by atoms with E-state index in [1.165, 1.54) is 36.2 Å². The molecule has 2 N–H and O–H groups in total. The van der Waals surface area contributed by atoms with E-state index in [-0.39, 0.29) is 24.0 Å². The fraction of sp³-hybridized carbons (Fsp3) is 0.400. The van der Waals surface area contributed by atoms with E-state index in [1.807, 2.05) is 7.05 Å². The third-order valence-corrected chi connectivity index (χ3v) is 6.04. The summed E-state index contributed by atoms with van der Waals surface area (Å²) in [6.45, 7) is 5.92. The summed E-state index contributed by atoms with van der Waals surface area (Å²) >= 11 is 0. The zero-order chi connectivity index (χ0) is 20.6. The van der Waals surface area contributed by atoms with Crippen LogP contribution in [-0.2, 0) is 13.1 Å². The molecule has 1 fully saturated rings. The number of likely N-dealkylation sites (tertiary alicyclic amines) is 1. The zero-order valence-corrected chi connectivity index (χ0v) is 20.7. The molecule has 1 unspecified atom stereocenters. The predicted octanol–water partition coefficient (Wildman–Crippen LogP) is 4.01. The van der Waals surface area contributed by atoms with Gasteiger partial charge in [0.15, 0.2) is 5.96 Å². The molecule has 0 bridgehead atoms. The molecule has 1 saturated heterocycles. The number of halogens is 1. The summed E-state index contributed by atoms with van der Waals surface area (Å²) < 4.78 is 0. The number of hydrogen-bond acceptors (Lipinski definition) is 3. The Morgan fingerprint density at radius 3 is 2.42 bits per heavy atom. The number of aliphatic imine (C=N–C) groups is 1. The first-order valence-electron chi connectivity index (χ1n) is 11.0. The Labute approximate surface area is 203 Å². The molecule has 0 aliphatic carbocycles. The first-order valence-corrected chi connectivity index (χ1v) is 11.0. The van der Waals surface area contributed by atoms with Gasteiger partial charge in [-0.3, -0.25) is 9.89 Å². The van der Waals surface area contributed by atoms with Crippen LogP contribution in [0.15, 0.2) is 71.7 Å². The molecule has 2 aromatic carbocycles. The van der Waals surface area contributed by atoms with Crippen molar-refractivity contribution in [3.8, 4) is 0 Å². The van der Waals surface area contributed by atoms with Crippen molar-refractivity contribution < 1.29 is 0 Å². The Morgan fingerprint density at radius 1 is 0.968 bits per heavy atom. The van der Waals surface area contributed by atoms with Crippen molar-refractivity contribution in [1.82, 2.24) is 15.5 Å². The van der Waals surface area contributed by atoms with Crippen LogP contribution in [0, 0.1) is 0 Å². The van der Waals surface area contributed by atoms with Gasteiger partial charge in [0.2, 0.25) is 0 Å². The fourth-order valence-corrected chi connectivity index (χ4v) is 4.29. The third-order valence-electron chi connectivity index (χ3n) is 6.04. The van der Waals surface area contributed by atoms with Gasteiger partial charge in [0.05, 0.1) is 0 Å². The molecule has 31 heavy (non-hydrogen) atoms. The van der Waals surface area contributed by atoms with Gasteiger partial charge in [0, 0.05) is 51.5 Å². The van der Waals surface area contributed by atoms with E-state index >= 15 is 0 Å². The van der Waals surface area contributed by atoms with Crippen LogP contribution in [-0.4, -0.2) is 50.1 Å². The van der Waals surface area contributed by atoms with Gasteiger partial charge < -0.3 is 15.5 Å². The molecule has 0 radical (unpaired) electrons. The zero-order valence-electron chi connectivity index (χ0n) is 18.3. The summed E-state index contributed by atoms with van der Waals surface area (Å²) in [7, 11) is 1.84. The first kappa shape index (κ1) is 23.6. The van der Waals surface area contributed by atoms with Gasteiger partial charge in [-0.1, -0.05) is 54.6 Å². The van der Waals surface area contributed by atoms with Crippen LogP contribution in [0.2, 0.25) is 0 Å². The average Bonchev–Trinajstić information content (AvgIpc) is 3.48. The largest absolute Gasteiger partial charge is 0.364 e. The molecular formula is C25H34IN5. The number of nitrogens with one attached hydrogen (secondary N) is 2. The molecule has 2 heterocycles. The molecule has 6 heteroatoms. The maximum atomic E-state index is 4.41. The predicted molar refractivity (Wildman–Crippen MR) is 141 cm³/mol. The molecule has 2 aliphatic heterocycles. The minimum absolute atomic E-state index is 0. The highest BCUT2D eigenvalue weighted by Crippen LogP contribution is 2.20. The topological polar surface area (TPSA) is 42.9 Å². The Kier molecular flexibility index (Phi) is 9.21. The minimum Gasteiger partial charge on any atom is -0.364 e. The lowest BCUT2D eigenvalue weighted by Crippen LogP contribution is -2.44. The maximum Gasteiger partial charge on any atom is 0.191 e. The number of anilines is 1. The summed E-state index contributed by atoms with van der Waals surface area (Å²) in [6, 6.07) is 20.1. The van der Waals surface area contributed by atoms with E-state index in [4.69, 9.17) is 0 Å². The second-order valence-corrected chi connectivity index (χ2v) is 8.10. The van der Waals surface area contributed by atoms with E-state index in [9.17, 15) is 0 Å². The molecular weight excluding hydrogens is 497 g/mol. The van der Waals surface area contributed by atoms with Crippen LogP contribution in [0.3, 0.4) is 0 Å². The summed E-state index contributed by atoms with van der Waals surface area (Å²) in [5.74, 6) is 0.870. The Morgan fingerprint density at radius 2 is 1.71 bits per heavy atom. The highest BCUT2D eigenvalue weighted by atomic mass is 127. The fourth-order valence-electron chi connectivity index (χ4n) is 4.29. The molecule has 2 aliphatic rings. The minimum atomic E-state index is 0. The first-order chi connectivity index (χ1) is 14.8. The Hall–Kier alpha value is -2.06. The van der Waals surface area contributed by atoms with Crippen LogP contribution < -0.4 is 15.5 Å². The molecule has 166 valence electrons. The van der Waals surface area contributed by atoms with Gasteiger partial charge in [-0.25, -0.2) is 0 Å². The van der Waals surface area contributed by atoms with E-state index in [0.717, 1.165) is 38.7 Å². The smallest absolute Gasteiger partial charge is 0.191 e. The lowest BCUT2D eigenvalue weighted by atomic mass is 10.2. The normalized spacial score (nSPS) is 18.8. The van der Waals surface area contributed by atoms with Crippen molar-refractivity contribution in [2.75, 3.05) is 38.1 Å².